The lowest BCUT2D eigenvalue weighted by Gasteiger charge is -1.95. The molecule has 6 nitrogen and oxygen atoms in total. The zero-order valence-electron chi connectivity index (χ0n) is 9.53. The van der Waals surface area contributed by atoms with E-state index >= 15 is 0 Å². The van der Waals surface area contributed by atoms with Crippen molar-refractivity contribution in [3.05, 3.63) is 57.0 Å². The van der Waals surface area contributed by atoms with Gasteiger partial charge < -0.3 is 0 Å². The van der Waals surface area contributed by atoms with Crippen LogP contribution in [0, 0.1) is 10.1 Å². The van der Waals surface area contributed by atoms with Crippen molar-refractivity contribution in [2.75, 3.05) is 0 Å². The van der Waals surface area contributed by atoms with Crippen LogP contribution in [0.1, 0.15) is 5.56 Å². The van der Waals surface area contributed by atoms with Gasteiger partial charge in [-0.15, -0.1) is 0 Å². The largest absolute Gasteiger partial charge is 0.290 e. The maximum atomic E-state index is 11.2. The summed E-state index contributed by atoms with van der Waals surface area (Å²) < 4.78 is 0. The van der Waals surface area contributed by atoms with E-state index in [2.05, 4.69) is 5.32 Å². The van der Waals surface area contributed by atoms with Crippen LogP contribution in [0.2, 0.25) is 0 Å². The van der Waals surface area contributed by atoms with Crippen LogP contribution in [-0.4, -0.2) is 16.1 Å². The molecule has 0 bridgehead atoms. The van der Waals surface area contributed by atoms with Gasteiger partial charge in [-0.05, 0) is 30.0 Å². The monoisotopic (exact) mass is 276 g/mol. The highest BCUT2D eigenvalue weighted by Gasteiger charge is 2.24. The van der Waals surface area contributed by atoms with Gasteiger partial charge in [0, 0.05) is 6.07 Å². The Balaban J connectivity index is 2.20. The standard InChI is InChI=1S/C12H8N2O4S/c15-11-10(19-12(16)13-11)7-3-5-8-4-1-2-6-9(8)14(17)18/h1-7H,(H,13,15,16)/b5-3+,10-7-. The van der Waals surface area contributed by atoms with Crippen molar-refractivity contribution in [1.29, 1.82) is 0 Å². The molecule has 2 rings (SSSR count). The normalized spacial score (nSPS) is 17.2. The smallest absolute Gasteiger partial charge is 0.282 e. The summed E-state index contributed by atoms with van der Waals surface area (Å²) in [6.07, 6.45) is 4.46. The third-order valence-electron chi connectivity index (χ3n) is 2.30. The number of para-hydroxylation sites is 1. The van der Waals surface area contributed by atoms with Gasteiger partial charge in [-0.3, -0.25) is 25.0 Å². The molecule has 0 atom stereocenters. The Morgan fingerprint density at radius 1 is 1.26 bits per heavy atom. The summed E-state index contributed by atoms with van der Waals surface area (Å²) >= 11 is 0.796. The van der Waals surface area contributed by atoms with E-state index in [1.165, 1.54) is 24.3 Å². The lowest BCUT2D eigenvalue weighted by atomic mass is 10.1. The molecule has 1 fully saturated rings. The van der Waals surface area contributed by atoms with Crippen LogP contribution in [0.25, 0.3) is 6.08 Å². The number of thioether (sulfide) groups is 1. The van der Waals surface area contributed by atoms with Crippen molar-refractivity contribution in [3.63, 3.8) is 0 Å². The first kappa shape index (κ1) is 13.0. The topological polar surface area (TPSA) is 89.3 Å². The number of imide groups is 1. The van der Waals surface area contributed by atoms with Crippen molar-refractivity contribution in [2.45, 2.75) is 0 Å². The Labute approximate surface area is 112 Å². The molecule has 1 aromatic carbocycles. The number of hydrogen-bond acceptors (Lipinski definition) is 5. The Bertz CT molecular complexity index is 622. The number of rotatable bonds is 3. The molecule has 96 valence electrons. The van der Waals surface area contributed by atoms with Crippen LogP contribution in [0.3, 0.4) is 0 Å². The summed E-state index contributed by atoms with van der Waals surface area (Å²) in [7, 11) is 0. The highest BCUT2D eigenvalue weighted by atomic mass is 32.2. The van der Waals surface area contributed by atoms with Gasteiger partial charge in [-0.1, -0.05) is 18.2 Å². The van der Waals surface area contributed by atoms with Crippen molar-refractivity contribution in [1.82, 2.24) is 5.32 Å². The first-order valence-electron chi connectivity index (χ1n) is 5.23. The van der Waals surface area contributed by atoms with Gasteiger partial charge in [0.05, 0.1) is 15.4 Å². The van der Waals surface area contributed by atoms with E-state index in [-0.39, 0.29) is 10.6 Å². The summed E-state index contributed by atoms with van der Waals surface area (Å²) in [5, 5.41) is 12.5. The maximum absolute atomic E-state index is 11.2. The van der Waals surface area contributed by atoms with Gasteiger partial charge in [0.1, 0.15) is 0 Å². The van der Waals surface area contributed by atoms with Gasteiger partial charge in [0.2, 0.25) is 0 Å². The molecule has 1 aliphatic rings. The molecule has 1 heterocycles. The Morgan fingerprint density at radius 3 is 2.63 bits per heavy atom. The van der Waals surface area contributed by atoms with E-state index in [9.17, 15) is 19.7 Å². The molecule has 7 heteroatoms. The number of carbonyl (C=O) groups is 2. The summed E-state index contributed by atoms with van der Waals surface area (Å²) in [5.41, 5.74) is 0.413. The van der Waals surface area contributed by atoms with Crippen LogP contribution >= 0.6 is 11.8 Å². The highest BCUT2D eigenvalue weighted by molar-refractivity contribution is 8.18. The molecule has 0 saturated carbocycles. The summed E-state index contributed by atoms with van der Waals surface area (Å²) in [5.74, 6) is -0.456. The minimum atomic E-state index is -0.479. The first-order chi connectivity index (χ1) is 9.08. The predicted molar refractivity (Wildman–Crippen MR) is 71.3 cm³/mol. The molecule has 1 aromatic rings. The number of benzene rings is 1. The molecular formula is C12H8N2O4S. The van der Waals surface area contributed by atoms with Gasteiger partial charge in [-0.2, -0.15) is 0 Å². The molecule has 1 aliphatic heterocycles. The molecule has 0 spiro atoms. The Hall–Kier alpha value is -2.41. The van der Waals surface area contributed by atoms with Crippen molar-refractivity contribution < 1.29 is 14.5 Å². The third-order valence-corrected chi connectivity index (χ3v) is 3.13. The molecule has 0 aliphatic carbocycles. The summed E-state index contributed by atoms with van der Waals surface area (Å²) in [6.45, 7) is 0. The number of carbonyl (C=O) groups excluding carboxylic acids is 2. The van der Waals surface area contributed by atoms with Crippen LogP contribution in [0.15, 0.2) is 41.3 Å². The van der Waals surface area contributed by atoms with E-state index in [0.717, 1.165) is 11.8 Å². The van der Waals surface area contributed by atoms with Crippen LogP contribution in [-0.2, 0) is 4.79 Å². The highest BCUT2D eigenvalue weighted by Crippen LogP contribution is 2.24. The molecule has 0 aromatic heterocycles. The fourth-order valence-electron chi connectivity index (χ4n) is 1.47. The number of nitrogens with one attached hydrogen (secondary N) is 1. The van der Waals surface area contributed by atoms with Gasteiger partial charge in [0.25, 0.3) is 16.8 Å². The number of amides is 2. The molecule has 1 N–H and O–H groups in total. The zero-order valence-corrected chi connectivity index (χ0v) is 10.3. The Morgan fingerprint density at radius 2 is 2.00 bits per heavy atom. The molecule has 0 radical (unpaired) electrons. The Kier molecular flexibility index (Phi) is 3.76. The van der Waals surface area contributed by atoms with Crippen LogP contribution < -0.4 is 5.32 Å². The summed E-state index contributed by atoms with van der Waals surface area (Å²) in [6, 6.07) is 6.25. The van der Waals surface area contributed by atoms with E-state index in [0.29, 0.717) is 5.56 Å². The number of nitro benzene ring substituents is 1. The van der Waals surface area contributed by atoms with E-state index in [1.54, 1.807) is 18.2 Å². The van der Waals surface area contributed by atoms with Gasteiger partial charge in [-0.25, -0.2) is 0 Å². The first-order valence-corrected chi connectivity index (χ1v) is 6.04. The fraction of sp³-hybridized carbons (Fsp3) is 0. The average Bonchev–Trinajstić information content (AvgIpc) is 2.68. The lowest BCUT2D eigenvalue weighted by molar-refractivity contribution is -0.385. The zero-order chi connectivity index (χ0) is 13.8. The van der Waals surface area contributed by atoms with Crippen molar-refractivity contribution >= 4 is 34.7 Å². The number of hydrogen-bond donors (Lipinski definition) is 1. The molecule has 19 heavy (non-hydrogen) atoms. The van der Waals surface area contributed by atoms with E-state index < -0.39 is 16.1 Å². The second kappa shape index (κ2) is 5.49. The minimum absolute atomic E-state index is 0.0169. The number of allylic oxidation sites excluding steroid dienone is 2. The number of nitrogens with zero attached hydrogens (tertiary/aromatic N) is 1. The molecule has 1 saturated heterocycles. The quantitative estimate of drug-likeness (QED) is 0.520. The molecular weight excluding hydrogens is 268 g/mol. The second-order valence-corrected chi connectivity index (χ2v) is 4.56. The van der Waals surface area contributed by atoms with Crippen molar-refractivity contribution in [2.24, 2.45) is 0 Å². The maximum Gasteiger partial charge on any atom is 0.290 e. The summed E-state index contributed by atoms with van der Waals surface area (Å²) in [4.78, 5) is 32.7. The molecule has 0 unspecified atom stereocenters. The second-order valence-electron chi connectivity index (χ2n) is 3.55. The average molecular weight is 276 g/mol. The van der Waals surface area contributed by atoms with Gasteiger partial charge >= 0.3 is 0 Å². The lowest BCUT2D eigenvalue weighted by Crippen LogP contribution is -2.17. The van der Waals surface area contributed by atoms with E-state index in [4.69, 9.17) is 0 Å². The number of nitro groups is 1. The van der Waals surface area contributed by atoms with Gasteiger partial charge in [0.15, 0.2) is 0 Å². The fourth-order valence-corrected chi connectivity index (χ4v) is 2.10. The SMILES string of the molecule is O=C1NC(=O)/C(=C/C=C/c2ccccc2[N+](=O)[O-])S1. The molecule has 2 amide bonds. The minimum Gasteiger partial charge on any atom is -0.282 e. The van der Waals surface area contributed by atoms with Crippen molar-refractivity contribution in [3.8, 4) is 0 Å². The third kappa shape index (κ3) is 3.08. The van der Waals surface area contributed by atoms with Crippen LogP contribution in [0.5, 0.6) is 0 Å². The van der Waals surface area contributed by atoms with Crippen LogP contribution in [0.4, 0.5) is 10.5 Å². The predicted octanol–water partition coefficient (Wildman–Crippen LogP) is 2.47. The van der Waals surface area contributed by atoms with E-state index in [1.807, 2.05) is 0 Å².